The second kappa shape index (κ2) is 10.3. The molecule has 5 nitrogen and oxygen atoms in total. The van der Waals surface area contributed by atoms with Gasteiger partial charge in [-0.2, -0.15) is 0 Å². The Labute approximate surface area is 120 Å². The van der Waals surface area contributed by atoms with Gasteiger partial charge >= 0.3 is 0 Å². The summed E-state index contributed by atoms with van der Waals surface area (Å²) in [5.41, 5.74) is 0. The third-order valence-corrected chi connectivity index (χ3v) is 2.99. The van der Waals surface area contributed by atoms with E-state index in [1.807, 2.05) is 0 Å². The van der Waals surface area contributed by atoms with E-state index in [1.54, 1.807) is 4.90 Å². The van der Waals surface area contributed by atoms with E-state index in [9.17, 15) is 19.2 Å². The number of nitrogens with zero attached hydrogens (tertiary/aromatic N) is 1. The number of hydrogen-bond donors (Lipinski definition) is 0. The van der Waals surface area contributed by atoms with Crippen LogP contribution in [0.2, 0.25) is 0 Å². The first-order valence-corrected chi connectivity index (χ1v) is 7.09. The van der Waals surface area contributed by atoms with Crippen molar-refractivity contribution in [3.05, 3.63) is 0 Å². The molecule has 20 heavy (non-hydrogen) atoms. The van der Waals surface area contributed by atoms with Crippen molar-refractivity contribution in [2.24, 2.45) is 0 Å². The van der Waals surface area contributed by atoms with Gasteiger partial charge < -0.3 is 9.69 Å². The van der Waals surface area contributed by atoms with Gasteiger partial charge in [0.25, 0.3) is 0 Å². The maximum atomic E-state index is 12.0. The van der Waals surface area contributed by atoms with E-state index in [1.165, 1.54) is 20.8 Å². The van der Waals surface area contributed by atoms with Crippen LogP contribution >= 0.6 is 0 Å². The van der Waals surface area contributed by atoms with E-state index in [-0.39, 0.29) is 23.3 Å². The SMILES string of the molecule is CC(=O)CCCCC(=O)N(CCC(C)=O)CCC(C)=O. The normalized spacial score (nSPS) is 10.2. The Morgan fingerprint density at radius 3 is 1.45 bits per heavy atom. The molecule has 0 spiro atoms. The monoisotopic (exact) mass is 283 g/mol. The van der Waals surface area contributed by atoms with Crippen LogP contribution in [0.5, 0.6) is 0 Å². The first kappa shape index (κ1) is 18.5. The quantitative estimate of drug-likeness (QED) is 0.543. The molecule has 0 fully saturated rings. The minimum atomic E-state index is -0.0453. The van der Waals surface area contributed by atoms with Gasteiger partial charge in [0.2, 0.25) is 5.91 Å². The lowest BCUT2D eigenvalue weighted by atomic mass is 10.1. The van der Waals surface area contributed by atoms with Crippen molar-refractivity contribution in [2.45, 2.75) is 59.3 Å². The summed E-state index contributed by atoms with van der Waals surface area (Å²) in [5, 5.41) is 0. The molecule has 1 amide bonds. The predicted molar refractivity (Wildman–Crippen MR) is 76.3 cm³/mol. The van der Waals surface area contributed by atoms with Crippen molar-refractivity contribution in [3.8, 4) is 0 Å². The fraction of sp³-hybridized carbons (Fsp3) is 0.733. The van der Waals surface area contributed by atoms with E-state index in [4.69, 9.17) is 0 Å². The van der Waals surface area contributed by atoms with Gasteiger partial charge in [0.05, 0.1) is 0 Å². The second-order valence-electron chi connectivity index (χ2n) is 5.19. The molecule has 0 saturated heterocycles. The summed E-state index contributed by atoms with van der Waals surface area (Å²) in [6, 6.07) is 0. The van der Waals surface area contributed by atoms with Crippen LogP contribution in [-0.4, -0.2) is 41.2 Å². The summed E-state index contributed by atoms with van der Waals surface area (Å²) in [4.78, 5) is 46.4. The first-order valence-electron chi connectivity index (χ1n) is 7.09. The third-order valence-electron chi connectivity index (χ3n) is 2.99. The van der Waals surface area contributed by atoms with E-state index < -0.39 is 0 Å². The van der Waals surface area contributed by atoms with Crippen LogP contribution in [0.15, 0.2) is 0 Å². The summed E-state index contributed by atoms with van der Waals surface area (Å²) in [6.07, 6.45) is 2.86. The minimum absolute atomic E-state index is 0.0298. The molecule has 0 aliphatic carbocycles. The van der Waals surface area contributed by atoms with Crippen LogP contribution in [0, 0.1) is 0 Å². The number of carbonyl (C=O) groups excluding carboxylic acids is 4. The predicted octanol–water partition coefficient (Wildman–Crippen LogP) is 1.92. The Kier molecular flexibility index (Phi) is 9.51. The molecule has 0 N–H and O–H groups in total. The van der Waals surface area contributed by atoms with Gasteiger partial charge in [0.15, 0.2) is 0 Å². The van der Waals surface area contributed by atoms with Crippen LogP contribution < -0.4 is 0 Å². The van der Waals surface area contributed by atoms with Crippen LogP contribution in [0.25, 0.3) is 0 Å². The second-order valence-corrected chi connectivity index (χ2v) is 5.19. The summed E-state index contributed by atoms with van der Waals surface area (Å²) in [6.45, 7) is 5.25. The molecular formula is C15H25NO4. The van der Waals surface area contributed by atoms with Gasteiger partial charge in [-0.05, 0) is 33.6 Å². The largest absolute Gasteiger partial charge is 0.342 e. The molecule has 0 aromatic carbocycles. The zero-order valence-electron chi connectivity index (χ0n) is 12.7. The lowest BCUT2D eigenvalue weighted by Gasteiger charge is -2.21. The standard InChI is InChI=1S/C15H25NO4/c1-12(17)6-4-5-7-15(20)16(10-8-13(2)18)11-9-14(3)19/h4-11H2,1-3H3. The van der Waals surface area contributed by atoms with Crippen LogP contribution in [-0.2, 0) is 19.2 Å². The Morgan fingerprint density at radius 2 is 1.05 bits per heavy atom. The van der Waals surface area contributed by atoms with Gasteiger partial charge in [-0.25, -0.2) is 0 Å². The third kappa shape index (κ3) is 10.4. The van der Waals surface area contributed by atoms with Gasteiger partial charge in [-0.3, -0.25) is 14.4 Å². The number of Topliss-reactive ketones (excluding diaryl/α,β-unsaturated/α-hetero) is 3. The molecule has 0 rings (SSSR count). The fourth-order valence-corrected chi connectivity index (χ4v) is 1.75. The first-order chi connectivity index (χ1) is 9.32. The molecule has 0 unspecified atom stereocenters. The maximum absolute atomic E-state index is 12.0. The molecule has 5 heteroatoms. The number of unbranched alkanes of at least 4 members (excludes halogenated alkanes) is 1. The molecule has 0 heterocycles. The van der Waals surface area contributed by atoms with E-state index in [0.717, 1.165) is 0 Å². The Morgan fingerprint density at radius 1 is 0.650 bits per heavy atom. The fourth-order valence-electron chi connectivity index (χ4n) is 1.75. The van der Waals surface area contributed by atoms with Crippen molar-refractivity contribution in [1.82, 2.24) is 4.90 Å². The minimum Gasteiger partial charge on any atom is -0.342 e. The zero-order valence-corrected chi connectivity index (χ0v) is 12.7. The van der Waals surface area contributed by atoms with E-state index >= 15 is 0 Å². The van der Waals surface area contributed by atoms with E-state index in [0.29, 0.717) is 51.6 Å². The molecule has 114 valence electrons. The Hall–Kier alpha value is -1.52. The highest BCUT2D eigenvalue weighted by Gasteiger charge is 2.14. The highest BCUT2D eigenvalue weighted by Crippen LogP contribution is 2.06. The van der Waals surface area contributed by atoms with Crippen molar-refractivity contribution >= 4 is 23.3 Å². The molecule has 0 aliphatic rings. The van der Waals surface area contributed by atoms with Crippen molar-refractivity contribution in [2.75, 3.05) is 13.1 Å². The Balaban J connectivity index is 4.20. The van der Waals surface area contributed by atoms with Gasteiger partial charge in [-0.1, -0.05) is 0 Å². The molecule has 0 aromatic rings. The lowest BCUT2D eigenvalue weighted by molar-refractivity contribution is -0.132. The highest BCUT2D eigenvalue weighted by atomic mass is 16.2. The summed E-state index contributed by atoms with van der Waals surface area (Å²) >= 11 is 0. The zero-order chi connectivity index (χ0) is 15.5. The molecule has 0 saturated carbocycles. The average Bonchev–Trinajstić information content (AvgIpc) is 2.33. The molecular weight excluding hydrogens is 258 g/mol. The maximum Gasteiger partial charge on any atom is 0.222 e. The molecule has 0 bridgehead atoms. The number of hydrogen-bond acceptors (Lipinski definition) is 4. The topological polar surface area (TPSA) is 71.5 Å². The average molecular weight is 283 g/mol. The number of rotatable bonds is 11. The Bertz CT molecular complexity index is 345. The summed E-state index contributed by atoms with van der Waals surface area (Å²) < 4.78 is 0. The molecule has 0 aromatic heterocycles. The highest BCUT2D eigenvalue weighted by molar-refractivity contribution is 5.80. The van der Waals surface area contributed by atoms with Gasteiger partial charge in [0.1, 0.15) is 17.3 Å². The smallest absolute Gasteiger partial charge is 0.222 e. The number of ketones is 3. The summed E-state index contributed by atoms with van der Waals surface area (Å²) in [5.74, 6) is 0.142. The van der Waals surface area contributed by atoms with Crippen LogP contribution in [0.3, 0.4) is 0 Å². The number of amides is 1. The van der Waals surface area contributed by atoms with Crippen molar-refractivity contribution in [3.63, 3.8) is 0 Å². The number of carbonyl (C=O) groups is 4. The lowest BCUT2D eigenvalue weighted by Crippen LogP contribution is -2.34. The molecule has 0 atom stereocenters. The van der Waals surface area contributed by atoms with Crippen molar-refractivity contribution < 1.29 is 19.2 Å². The summed E-state index contributed by atoms with van der Waals surface area (Å²) in [7, 11) is 0. The molecule has 0 radical (unpaired) electrons. The van der Waals surface area contributed by atoms with Crippen LogP contribution in [0.1, 0.15) is 59.3 Å². The van der Waals surface area contributed by atoms with Crippen molar-refractivity contribution in [1.29, 1.82) is 0 Å². The van der Waals surface area contributed by atoms with Gasteiger partial charge in [-0.15, -0.1) is 0 Å². The van der Waals surface area contributed by atoms with Crippen LogP contribution in [0.4, 0.5) is 0 Å². The van der Waals surface area contributed by atoms with E-state index in [2.05, 4.69) is 0 Å². The van der Waals surface area contributed by atoms with Gasteiger partial charge in [0, 0.05) is 38.8 Å². The molecule has 0 aliphatic heterocycles.